The average Bonchev–Trinajstić information content (AvgIpc) is 3.37. The second-order valence-electron chi connectivity index (χ2n) is 7.15. The van der Waals surface area contributed by atoms with Gasteiger partial charge in [-0.3, -0.25) is 9.59 Å². The minimum atomic E-state index is -0.927. The molecule has 0 spiro atoms. The summed E-state index contributed by atoms with van der Waals surface area (Å²) in [7, 11) is 0. The zero-order valence-corrected chi connectivity index (χ0v) is 14.8. The Morgan fingerprint density at radius 2 is 1.93 bits per heavy atom. The molecule has 1 amide bonds. The van der Waals surface area contributed by atoms with Gasteiger partial charge in [0.05, 0.1) is 5.92 Å². The molecule has 0 N–H and O–H groups in total. The molecule has 4 nitrogen and oxygen atoms in total. The summed E-state index contributed by atoms with van der Waals surface area (Å²) in [5, 5.41) is 0. The largest absolute Gasteiger partial charge is 0.455 e. The lowest BCUT2D eigenvalue weighted by Gasteiger charge is -2.22. The molecule has 2 aromatic rings. The Balaban J connectivity index is 1.37. The highest BCUT2D eigenvalue weighted by molar-refractivity contribution is 5.98. The molecule has 1 heterocycles. The van der Waals surface area contributed by atoms with E-state index in [1.165, 1.54) is 12.1 Å². The monoisotopic (exact) mass is 371 g/mol. The maximum absolute atomic E-state index is 13.8. The number of amides is 1. The Morgan fingerprint density at radius 3 is 2.74 bits per heavy atom. The van der Waals surface area contributed by atoms with E-state index in [-0.39, 0.29) is 24.1 Å². The summed E-state index contributed by atoms with van der Waals surface area (Å²) in [5.74, 6) is -3.60. The van der Waals surface area contributed by atoms with Crippen LogP contribution in [0.3, 0.4) is 0 Å². The molecule has 0 bridgehead atoms. The number of hydrogen-bond donors (Lipinski definition) is 0. The minimum absolute atomic E-state index is 0.00339. The quantitative estimate of drug-likeness (QED) is 0.772. The molecule has 1 saturated carbocycles. The lowest BCUT2D eigenvalue weighted by molar-refractivity contribution is -0.149. The second-order valence-corrected chi connectivity index (χ2v) is 7.15. The number of carbonyl (C=O) groups is 2. The lowest BCUT2D eigenvalue weighted by atomic mass is 10.1. The van der Waals surface area contributed by atoms with Gasteiger partial charge < -0.3 is 9.64 Å². The smallest absolute Gasteiger partial charge is 0.310 e. The van der Waals surface area contributed by atoms with Crippen LogP contribution in [-0.2, 0) is 20.7 Å². The van der Waals surface area contributed by atoms with E-state index < -0.39 is 29.4 Å². The first kappa shape index (κ1) is 17.6. The van der Waals surface area contributed by atoms with E-state index in [2.05, 4.69) is 0 Å². The molecule has 0 unspecified atom stereocenters. The van der Waals surface area contributed by atoms with Gasteiger partial charge in [0, 0.05) is 17.6 Å². The fourth-order valence-corrected chi connectivity index (χ4v) is 3.86. The SMILES string of the molecule is C[C@@H]1Cc2ccccc2N1C(=O)COC(=O)[C@@H]1C[C@@H]1c1cccc(F)c1F. The molecule has 2 aliphatic rings. The van der Waals surface area contributed by atoms with Crippen molar-refractivity contribution in [1.82, 2.24) is 0 Å². The highest BCUT2D eigenvalue weighted by atomic mass is 19.2. The molecular formula is C21H19F2NO3. The Kier molecular flexibility index (Phi) is 4.42. The van der Waals surface area contributed by atoms with Gasteiger partial charge in [-0.1, -0.05) is 30.3 Å². The van der Waals surface area contributed by atoms with Crippen LogP contribution in [0.25, 0.3) is 0 Å². The molecule has 3 atom stereocenters. The molecule has 1 aliphatic carbocycles. The Morgan fingerprint density at radius 1 is 1.15 bits per heavy atom. The van der Waals surface area contributed by atoms with Crippen LogP contribution < -0.4 is 4.90 Å². The van der Waals surface area contributed by atoms with Gasteiger partial charge in [-0.15, -0.1) is 0 Å². The van der Waals surface area contributed by atoms with Crippen molar-refractivity contribution in [3.05, 3.63) is 65.2 Å². The second kappa shape index (κ2) is 6.76. The van der Waals surface area contributed by atoms with Crippen LogP contribution >= 0.6 is 0 Å². The summed E-state index contributed by atoms with van der Waals surface area (Å²) >= 11 is 0. The highest BCUT2D eigenvalue weighted by Crippen LogP contribution is 2.49. The first-order valence-corrected chi connectivity index (χ1v) is 8.98. The maximum atomic E-state index is 13.8. The number of nitrogens with zero attached hydrogens (tertiary/aromatic N) is 1. The van der Waals surface area contributed by atoms with Crippen molar-refractivity contribution in [2.75, 3.05) is 11.5 Å². The summed E-state index contributed by atoms with van der Waals surface area (Å²) in [6, 6.07) is 11.6. The van der Waals surface area contributed by atoms with Crippen LogP contribution in [0.4, 0.5) is 14.5 Å². The van der Waals surface area contributed by atoms with Gasteiger partial charge in [-0.25, -0.2) is 8.78 Å². The van der Waals surface area contributed by atoms with Gasteiger partial charge in [0.2, 0.25) is 0 Å². The number of benzene rings is 2. The van der Waals surface area contributed by atoms with Crippen LogP contribution in [0, 0.1) is 17.6 Å². The van der Waals surface area contributed by atoms with Crippen molar-refractivity contribution in [1.29, 1.82) is 0 Å². The predicted octanol–water partition coefficient (Wildman–Crippen LogP) is 3.59. The average molecular weight is 371 g/mol. The normalized spacial score (nSPS) is 23.1. The number of fused-ring (bicyclic) bond motifs is 1. The number of anilines is 1. The van der Waals surface area contributed by atoms with E-state index in [1.807, 2.05) is 31.2 Å². The van der Waals surface area contributed by atoms with Gasteiger partial charge >= 0.3 is 5.97 Å². The van der Waals surface area contributed by atoms with Gasteiger partial charge in [0.25, 0.3) is 5.91 Å². The van der Waals surface area contributed by atoms with Crippen LogP contribution in [0.2, 0.25) is 0 Å². The molecule has 1 fully saturated rings. The molecule has 0 radical (unpaired) electrons. The Bertz CT molecular complexity index is 914. The van der Waals surface area contributed by atoms with Crippen molar-refractivity contribution in [2.45, 2.75) is 31.7 Å². The Labute approximate surface area is 155 Å². The summed E-state index contributed by atoms with van der Waals surface area (Å²) in [5.41, 5.74) is 2.12. The van der Waals surface area contributed by atoms with E-state index in [1.54, 1.807) is 4.90 Å². The zero-order valence-electron chi connectivity index (χ0n) is 14.8. The summed E-state index contributed by atoms with van der Waals surface area (Å²) in [6.07, 6.45) is 1.16. The molecule has 1 aliphatic heterocycles. The first-order chi connectivity index (χ1) is 13.0. The van der Waals surface area contributed by atoms with Crippen LogP contribution in [0.5, 0.6) is 0 Å². The van der Waals surface area contributed by atoms with Crippen LogP contribution in [0.15, 0.2) is 42.5 Å². The van der Waals surface area contributed by atoms with E-state index >= 15 is 0 Å². The first-order valence-electron chi connectivity index (χ1n) is 8.98. The van der Waals surface area contributed by atoms with Gasteiger partial charge in [-0.05, 0) is 43.0 Å². The van der Waals surface area contributed by atoms with Crippen molar-refractivity contribution < 1.29 is 23.1 Å². The number of carbonyl (C=O) groups excluding carboxylic acids is 2. The van der Waals surface area contributed by atoms with E-state index in [4.69, 9.17) is 4.74 Å². The molecule has 6 heteroatoms. The van der Waals surface area contributed by atoms with Gasteiger partial charge in [0.15, 0.2) is 18.2 Å². The summed E-state index contributed by atoms with van der Waals surface area (Å²) in [6.45, 7) is 1.59. The van der Waals surface area contributed by atoms with E-state index in [0.717, 1.165) is 23.7 Å². The minimum Gasteiger partial charge on any atom is -0.455 e. The van der Waals surface area contributed by atoms with Crippen LogP contribution in [0.1, 0.15) is 30.4 Å². The van der Waals surface area contributed by atoms with Crippen molar-refractivity contribution in [2.24, 2.45) is 5.92 Å². The lowest BCUT2D eigenvalue weighted by Crippen LogP contribution is -2.38. The standard InChI is InChI=1S/C21H19F2NO3/c1-12-9-13-5-2-3-8-18(13)24(12)19(25)11-27-21(26)16-10-15(16)14-6-4-7-17(22)20(14)23/h2-8,12,15-16H,9-11H2,1H3/t12-,15-,16-/m1/s1. The molecule has 4 rings (SSSR count). The third kappa shape index (κ3) is 3.20. The molecular weight excluding hydrogens is 352 g/mol. The number of rotatable bonds is 4. The van der Waals surface area contributed by atoms with Crippen LogP contribution in [-0.4, -0.2) is 24.5 Å². The number of ether oxygens (including phenoxy) is 1. The van der Waals surface area contributed by atoms with Gasteiger partial charge in [-0.2, -0.15) is 0 Å². The predicted molar refractivity (Wildman–Crippen MR) is 95.3 cm³/mol. The molecule has 0 saturated heterocycles. The number of para-hydroxylation sites is 1. The maximum Gasteiger partial charge on any atom is 0.310 e. The third-order valence-corrected chi connectivity index (χ3v) is 5.29. The topological polar surface area (TPSA) is 46.6 Å². The number of halogens is 2. The summed E-state index contributed by atoms with van der Waals surface area (Å²) < 4.78 is 32.4. The number of hydrogen-bond acceptors (Lipinski definition) is 3. The highest BCUT2D eigenvalue weighted by Gasteiger charge is 2.47. The van der Waals surface area contributed by atoms with Crippen molar-refractivity contribution >= 4 is 17.6 Å². The third-order valence-electron chi connectivity index (χ3n) is 5.29. The fourth-order valence-electron chi connectivity index (χ4n) is 3.86. The number of esters is 1. The summed E-state index contributed by atoms with van der Waals surface area (Å²) in [4.78, 5) is 26.4. The van der Waals surface area contributed by atoms with Crippen molar-refractivity contribution in [3.63, 3.8) is 0 Å². The van der Waals surface area contributed by atoms with E-state index in [0.29, 0.717) is 6.42 Å². The fraction of sp³-hybridized carbons (Fsp3) is 0.333. The molecule has 140 valence electrons. The molecule has 27 heavy (non-hydrogen) atoms. The van der Waals surface area contributed by atoms with Gasteiger partial charge in [0.1, 0.15) is 0 Å². The Hall–Kier alpha value is -2.76. The van der Waals surface area contributed by atoms with E-state index in [9.17, 15) is 18.4 Å². The molecule has 2 aromatic carbocycles. The van der Waals surface area contributed by atoms with Crippen molar-refractivity contribution in [3.8, 4) is 0 Å². The molecule has 0 aromatic heterocycles. The zero-order chi connectivity index (χ0) is 19.1.